The quantitative estimate of drug-likeness (QED) is 0.595. The van der Waals surface area contributed by atoms with Crippen molar-refractivity contribution in [2.24, 2.45) is 0 Å². The predicted molar refractivity (Wildman–Crippen MR) is 86.3 cm³/mol. The van der Waals surface area contributed by atoms with Crippen LogP contribution in [0.15, 0.2) is 22.9 Å². The van der Waals surface area contributed by atoms with Gasteiger partial charge in [-0.05, 0) is 40.5 Å². The molecule has 3 nitrogen and oxygen atoms in total. The van der Waals surface area contributed by atoms with Gasteiger partial charge in [0, 0.05) is 36.9 Å². The largest absolute Gasteiger partial charge is 0.361 e. The summed E-state index contributed by atoms with van der Waals surface area (Å²) in [5.41, 5.74) is 2.21. The second kappa shape index (κ2) is 5.77. The van der Waals surface area contributed by atoms with Crippen molar-refractivity contribution in [3.8, 4) is 0 Å². The van der Waals surface area contributed by atoms with Crippen LogP contribution in [0.3, 0.4) is 0 Å². The van der Waals surface area contributed by atoms with Gasteiger partial charge in [0.2, 0.25) is 0 Å². The molecule has 0 saturated carbocycles. The monoisotopic (exact) mass is 340 g/mol. The van der Waals surface area contributed by atoms with Gasteiger partial charge in [-0.1, -0.05) is 19.6 Å². The highest BCUT2D eigenvalue weighted by atomic mass is 79.9. The molecule has 0 N–H and O–H groups in total. The minimum atomic E-state index is -1.01. The van der Waals surface area contributed by atoms with Gasteiger partial charge in [0.05, 0.1) is 0 Å². The van der Waals surface area contributed by atoms with Gasteiger partial charge >= 0.3 is 0 Å². The number of ether oxygens (including phenoxy) is 1. The van der Waals surface area contributed by atoms with Gasteiger partial charge in [0.1, 0.15) is 12.4 Å². The van der Waals surface area contributed by atoms with Crippen LogP contribution in [0.4, 0.5) is 0 Å². The summed E-state index contributed by atoms with van der Waals surface area (Å²) < 4.78 is 8.98. The molecule has 0 aliphatic heterocycles. The van der Waals surface area contributed by atoms with Gasteiger partial charge in [-0.3, -0.25) is 0 Å². The standard InChI is InChI=1S/C14H21BrN2OSi/c1-11-9-17(10-18-7-8-19(2,3)4)14-13(11)12(15)5-6-16-14/h5-6,9H,7-8,10H2,1-4H3. The van der Waals surface area contributed by atoms with Crippen LogP contribution >= 0.6 is 15.9 Å². The van der Waals surface area contributed by atoms with Crippen LogP contribution in [-0.2, 0) is 11.5 Å². The summed E-state index contributed by atoms with van der Waals surface area (Å²) in [4.78, 5) is 4.45. The first-order valence-corrected chi connectivity index (χ1v) is 11.1. The SMILES string of the molecule is Cc1cn(COCC[Si](C)(C)C)c2nccc(Br)c12. The van der Waals surface area contributed by atoms with Crippen LogP contribution in [0.1, 0.15) is 5.56 Å². The number of fused-ring (bicyclic) bond motifs is 1. The van der Waals surface area contributed by atoms with E-state index in [-0.39, 0.29) is 0 Å². The van der Waals surface area contributed by atoms with Crippen LogP contribution in [-0.4, -0.2) is 24.2 Å². The summed E-state index contributed by atoms with van der Waals surface area (Å²) in [5.74, 6) is 0. The molecule has 0 aliphatic carbocycles. The molecule has 0 amide bonds. The fourth-order valence-electron chi connectivity index (χ4n) is 2.01. The van der Waals surface area contributed by atoms with E-state index in [9.17, 15) is 0 Å². The Kier molecular flexibility index (Phi) is 4.48. The highest BCUT2D eigenvalue weighted by molar-refractivity contribution is 9.10. The first-order valence-electron chi connectivity index (χ1n) is 6.56. The number of nitrogens with zero attached hydrogens (tertiary/aromatic N) is 2. The third kappa shape index (κ3) is 3.67. The highest BCUT2D eigenvalue weighted by Gasteiger charge is 2.13. The van der Waals surface area contributed by atoms with Gasteiger partial charge in [-0.15, -0.1) is 0 Å². The molecule has 2 aromatic heterocycles. The van der Waals surface area contributed by atoms with Gasteiger partial charge in [-0.2, -0.15) is 0 Å². The fraction of sp³-hybridized carbons (Fsp3) is 0.500. The van der Waals surface area contributed by atoms with Crippen molar-refractivity contribution in [1.29, 1.82) is 0 Å². The molecule has 2 aromatic rings. The maximum Gasteiger partial charge on any atom is 0.143 e. The molecule has 19 heavy (non-hydrogen) atoms. The molecular formula is C14H21BrN2OSi. The zero-order valence-corrected chi connectivity index (χ0v) is 14.6. The first-order chi connectivity index (χ1) is 8.88. The van der Waals surface area contributed by atoms with Crippen molar-refractivity contribution >= 4 is 35.0 Å². The molecule has 5 heteroatoms. The van der Waals surface area contributed by atoms with E-state index in [2.05, 4.69) is 58.2 Å². The second-order valence-corrected chi connectivity index (χ2v) is 12.6. The summed E-state index contributed by atoms with van der Waals surface area (Å²) in [5, 5.41) is 1.18. The molecule has 104 valence electrons. The molecule has 0 atom stereocenters. The van der Waals surface area contributed by atoms with Gasteiger partial charge in [-0.25, -0.2) is 4.98 Å². The van der Waals surface area contributed by atoms with E-state index in [1.165, 1.54) is 17.0 Å². The minimum Gasteiger partial charge on any atom is -0.361 e. The van der Waals surface area contributed by atoms with Gasteiger partial charge in [0.25, 0.3) is 0 Å². The van der Waals surface area contributed by atoms with Crippen molar-refractivity contribution in [3.05, 3.63) is 28.5 Å². The Bertz CT molecular complexity index is 575. The van der Waals surface area contributed by atoms with E-state index in [1.54, 1.807) is 0 Å². The number of halogens is 1. The van der Waals surface area contributed by atoms with E-state index in [0.29, 0.717) is 6.73 Å². The Morgan fingerprint density at radius 3 is 2.79 bits per heavy atom. The maximum absolute atomic E-state index is 5.80. The minimum absolute atomic E-state index is 0.582. The third-order valence-corrected chi connectivity index (χ3v) is 5.49. The molecule has 0 radical (unpaired) electrons. The van der Waals surface area contributed by atoms with Crippen molar-refractivity contribution in [2.75, 3.05) is 6.61 Å². The van der Waals surface area contributed by atoms with Crippen molar-refractivity contribution in [1.82, 2.24) is 9.55 Å². The van der Waals surface area contributed by atoms with E-state index in [4.69, 9.17) is 4.74 Å². The Balaban J connectivity index is 2.08. The summed E-state index contributed by atoms with van der Waals surface area (Å²) >= 11 is 3.58. The lowest BCUT2D eigenvalue weighted by atomic mass is 10.2. The molecule has 0 fully saturated rings. The lowest BCUT2D eigenvalue weighted by Gasteiger charge is -2.15. The molecule has 0 spiro atoms. The Hall–Kier alpha value is -0.653. The smallest absolute Gasteiger partial charge is 0.143 e. The van der Waals surface area contributed by atoms with Crippen LogP contribution in [0.2, 0.25) is 25.7 Å². The average molecular weight is 341 g/mol. The number of rotatable bonds is 5. The zero-order valence-electron chi connectivity index (χ0n) is 12.0. The molecule has 0 aromatic carbocycles. The van der Waals surface area contributed by atoms with E-state index in [1.807, 2.05) is 12.3 Å². The van der Waals surface area contributed by atoms with Crippen LogP contribution in [0, 0.1) is 6.92 Å². The fourth-order valence-corrected chi connectivity index (χ4v) is 3.37. The number of pyridine rings is 1. The normalized spacial score (nSPS) is 12.3. The summed E-state index contributed by atoms with van der Waals surface area (Å²) in [6, 6.07) is 3.17. The maximum atomic E-state index is 5.80. The van der Waals surface area contributed by atoms with Crippen LogP contribution in [0.5, 0.6) is 0 Å². The topological polar surface area (TPSA) is 27.1 Å². The van der Waals surface area contributed by atoms with Gasteiger partial charge in [0.15, 0.2) is 0 Å². The molecule has 0 aliphatic rings. The predicted octanol–water partition coefficient (Wildman–Crippen LogP) is 4.42. The summed E-state index contributed by atoms with van der Waals surface area (Å²) in [6.45, 7) is 10.6. The zero-order chi connectivity index (χ0) is 14.0. The van der Waals surface area contributed by atoms with Crippen LogP contribution < -0.4 is 0 Å². The van der Waals surface area contributed by atoms with E-state index < -0.39 is 8.07 Å². The third-order valence-electron chi connectivity index (χ3n) is 3.12. The number of hydrogen-bond donors (Lipinski definition) is 0. The molecule has 0 bridgehead atoms. The Morgan fingerprint density at radius 1 is 1.37 bits per heavy atom. The van der Waals surface area contributed by atoms with Crippen molar-refractivity contribution < 1.29 is 4.74 Å². The first kappa shape index (κ1) is 14.7. The Morgan fingerprint density at radius 2 is 2.11 bits per heavy atom. The lowest BCUT2D eigenvalue weighted by Crippen LogP contribution is -2.22. The molecule has 2 rings (SSSR count). The average Bonchev–Trinajstić information content (AvgIpc) is 2.62. The Labute approximate surface area is 124 Å². The molecular weight excluding hydrogens is 320 g/mol. The van der Waals surface area contributed by atoms with Crippen molar-refractivity contribution in [2.45, 2.75) is 39.3 Å². The number of aromatic nitrogens is 2. The van der Waals surface area contributed by atoms with E-state index in [0.717, 1.165) is 16.7 Å². The van der Waals surface area contributed by atoms with E-state index >= 15 is 0 Å². The van der Waals surface area contributed by atoms with Crippen molar-refractivity contribution in [3.63, 3.8) is 0 Å². The number of aryl methyl sites for hydroxylation is 1. The van der Waals surface area contributed by atoms with Crippen LogP contribution in [0.25, 0.3) is 11.0 Å². The van der Waals surface area contributed by atoms with Gasteiger partial charge < -0.3 is 9.30 Å². The second-order valence-electron chi connectivity index (χ2n) is 6.12. The summed E-state index contributed by atoms with van der Waals surface area (Å²) in [6.07, 6.45) is 3.93. The number of hydrogen-bond acceptors (Lipinski definition) is 2. The molecule has 0 unspecified atom stereocenters. The molecule has 0 saturated heterocycles. The molecule has 2 heterocycles. The highest BCUT2D eigenvalue weighted by Crippen LogP contribution is 2.26. The summed E-state index contributed by atoms with van der Waals surface area (Å²) in [7, 11) is -1.01. The lowest BCUT2D eigenvalue weighted by molar-refractivity contribution is 0.0898.